The van der Waals surface area contributed by atoms with Gasteiger partial charge in [0.25, 0.3) is 0 Å². The van der Waals surface area contributed by atoms with Crippen LogP contribution < -0.4 is 4.72 Å². The van der Waals surface area contributed by atoms with Crippen LogP contribution in [0, 0.1) is 19.7 Å². The van der Waals surface area contributed by atoms with Gasteiger partial charge < -0.3 is 4.90 Å². The fourth-order valence-corrected chi connectivity index (χ4v) is 3.95. The average Bonchev–Trinajstić information content (AvgIpc) is 2.35. The maximum Gasteiger partial charge on any atom is 0.241 e. The molecule has 1 N–H and O–H groups in total. The van der Waals surface area contributed by atoms with Gasteiger partial charge in [0, 0.05) is 13.1 Å². The minimum atomic E-state index is -3.60. The predicted octanol–water partition coefficient (Wildman–Crippen LogP) is 2.45. The van der Waals surface area contributed by atoms with Crippen molar-refractivity contribution in [2.24, 2.45) is 0 Å². The van der Waals surface area contributed by atoms with Crippen molar-refractivity contribution in [2.75, 3.05) is 26.2 Å². The summed E-state index contributed by atoms with van der Waals surface area (Å²) in [6.07, 6.45) is 1.04. The van der Waals surface area contributed by atoms with Crippen LogP contribution in [0.15, 0.2) is 17.0 Å². The van der Waals surface area contributed by atoms with E-state index in [-0.39, 0.29) is 4.90 Å². The van der Waals surface area contributed by atoms with Crippen molar-refractivity contribution in [3.63, 3.8) is 0 Å². The Kier molecular flexibility index (Phi) is 6.77. The molecule has 0 heterocycles. The monoisotopic (exact) mass is 316 g/mol. The topological polar surface area (TPSA) is 49.4 Å². The fraction of sp³-hybridized carbons (Fsp3) is 0.600. The zero-order chi connectivity index (χ0) is 16.0. The predicted molar refractivity (Wildman–Crippen MR) is 83.5 cm³/mol. The first kappa shape index (κ1) is 18.1. The van der Waals surface area contributed by atoms with E-state index in [1.807, 2.05) is 0 Å². The van der Waals surface area contributed by atoms with Crippen LogP contribution >= 0.6 is 0 Å². The third-order valence-corrected chi connectivity index (χ3v) is 5.17. The van der Waals surface area contributed by atoms with Gasteiger partial charge in [-0.25, -0.2) is 17.5 Å². The number of hydrogen-bond acceptors (Lipinski definition) is 3. The fourth-order valence-electron chi connectivity index (χ4n) is 2.48. The Morgan fingerprint density at radius 3 is 2.19 bits per heavy atom. The van der Waals surface area contributed by atoms with Crippen LogP contribution in [0.1, 0.15) is 31.4 Å². The summed E-state index contributed by atoms with van der Waals surface area (Å²) in [5.41, 5.74) is 0.863. The molecule has 21 heavy (non-hydrogen) atoms. The highest BCUT2D eigenvalue weighted by Gasteiger charge is 2.20. The van der Waals surface area contributed by atoms with Crippen molar-refractivity contribution in [3.05, 3.63) is 29.1 Å². The lowest BCUT2D eigenvalue weighted by Gasteiger charge is -2.20. The molecule has 120 valence electrons. The summed E-state index contributed by atoms with van der Waals surface area (Å²) in [7, 11) is -3.60. The maximum atomic E-state index is 13.3. The molecule has 0 aliphatic rings. The highest BCUT2D eigenvalue weighted by atomic mass is 32.2. The Labute approximate surface area is 127 Å². The molecule has 1 aromatic carbocycles. The number of benzene rings is 1. The smallest absolute Gasteiger partial charge is 0.241 e. The second-order valence-corrected chi connectivity index (χ2v) is 6.90. The molecular formula is C15H25FN2O2S. The van der Waals surface area contributed by atoms with E-state index in [2.05, 4.69) is 23.5 Å². The molecule has 4 nitrogen and oxygen atoms in total. The van der Waals surface area contributed by atoms with E-state index in [4.69, 9.17) is 0 Å². The number of nitrogens with zero attached hydrogens (tertiary/aromatic N) is 1. The van der Waals surface area contributed by atoms with Crippen LogP contribution in [0.4, 0.5) is 4.39 Å². The standard InChI is InChI=1S/C15H25FN2O2S/c1-5-8-18(6-2)9-7-17-21(19,20)15-12(3)10-14(16)11-13(15)4/h10-11,17H,5-9H2,1-4H3. The van der Waals surface area contributed by atoms with E-state index in [1.54, 1.807) is 13.8 Å². The van der Waals surface area contributed by atoms with Crippen molar-refractivity contribution >= 4 is 10.0 Å². The van der Waals surface area contributed by atoms with Gasteiger partial charge >= 0.3 is 0 Å². The van der Waals surface area contributed by atoms with Crippen molar-refractivity contribution in [1.29, 1.82) is 0 Å². The lowest BCUT2D eigenvalue weighted by atomic mass is 10.1. The number of likely N-dealkylation sites (N-methyl/N-ethyl adjacent to an activating group) is 1. The number of aryl methyl sites for hydroxylation is 2. The molecule has 0 saturated heterocycles. The molecule has 0 spiro atoms. The summed E-state index contributed by atoms with van der Waals surface area (Å²) in [6, 6.07) is 2.49. The van der Waals surface area contributed by atoms with Gasteiger partial charge in [0.05, 0.1) is 4.90 Å². The molecule has 0 saturated carbocycles. The molecule has 0 aromatic heterocycles. The van der Waals surface area contributed by atoms with E-state index in [1.165, 1.54) is 12.1 Å². The van der Waals surface area contributed by atoms with Gasteiger partial charge in [-0.15, -0.1) is 0 Å². The quantitative estimate of drug-likeness (QED) is 0.801. The molecule has 0 unspecified atom stereocenters. The first-order valence-electron chi connectivity index (χ1n) is 7.30. The number of nitrogens with one attached hydrogen (secondary N) is 1. The van der Waals surface area contributed by atoms with Gasteiger partial charge in [0.1, 0.15) is 5.82 Å². The van der Waals surface area contributed by atoms with E-state index in [0.717, 1.165) is 19.5 Å². The number of rotatable bonds is 8. The zero-order valence-corrected chi connectivity index (χ0v) is 14.1. The molecule has 0 amide bonds. The van der Waals surface area contributed by atoms with Crippen LogP contribution in [0.25, 0.3) is 0 Å². The van der Waals surface area contributed by atoms with Crippen LogP contribution in [0.5, 0.6) is 0 Å². The summed E-state index contributed by atoms with van der Waals surface area (Å²) < 4.78 is 40.6. The zero-order valence-electron chi connectivity index (χ0n) is 13.2. The number of hydrogen-bond donors (Lipinski definition) is 1. The second-order valence-electron chi connectivity index (χ2n) is 5.20. The highest BCUT2D eigenvalue weighted by Crippen LogP contribution is 2.20. The normalized spacial score (nSPS) is 12.1. The first-order valence-corrected chi connectivity index (χ1v) is 8.78. The molecular weight excluding hydrogens is 291 g/mol. The van der Waals surface area contributed by atoms with Gasteiger partial charge in [-0.2, -0.15) is 0 Å². The molecule has 0 aliphatic carbocycles. The number of halogens is 1. The minimum absolute atomic E-state index is 0.183. The lowest BCUT2D eigenvalue weighted by Crippen LogP contribution is -2.35. The Balaban J connectivity index is 2.79. The molecule has 1 rings (SSSR count). The molecule has 0 fully saturated rings. The van der Waals surface area contributed by atoms with E-state index >= 15 is 0 Å². The third kappa shape index (κ3) is 5.05. The molecule has 0 atom stereocenters. The van der Waals surface area contributed by atoms with E-state index < -0.39 is 15.8 Å². The Bertz CT molecular complexity index is 550. The summed E-state index contributed by atoms with van der Waals surface area (Å²) in [5, 5.41) is 0. The summed E-state index contributed by atoms with van der Waals surface area (Å²) in [4.78, 5) is 2.37. The van der Waals surface area contributed by atoms with Gasteiger partial charge in [-0.3, -0.25) is 0 Å². The molecule has 0 radical (unpaired) electrons. The van der Waals surface area contributed by atoms with Gasteiger partial charge in [-0.1, -0.05) is 13.8 Å². The van der Waals surface area contributed by atoms with Crippen molar-refractivity contribution in [3.8, 4) is 0 Å². The largest absolute Gasteiger partial charge is 0.302 e. The number of sulfonamides is 1. The molecule has 6 heteroatoms. The molecule has 0 aliphatic heterocycles. The van der Waals surface area contributed by atoms with Crippen LogP contribution in [-0.4, -0.2) is 39.5 Å². The molecule has 0 bridgehead atoms. The Morgan fingerprint density at radius 2 is 1.71 bits per heavy atom. The Morgan fingerprint density at radius 1 is 1.14 bits per heavy atom. The van der Waals surface area contributed by atoms with Crippen LogP contribution in [-0.2, 0) is 10.0 Å². The van der Waals surface area contributed by atoms with Crippen molar-refractivity contribution in [2.45, 2.75) is 39.0 Å². The van der Waals surface area contributed by atoms with Crippen LogP contribution in [0.2, 0.25) is 0 Å². The second kappa shape index (κ2) is 7.87. The van der Waals surface area contributed by atoms with Crippen molar-refractivity contribution in [1.82, 2.24) is 9.62 Å². The van der Waals surface area contributed by atoms with Gasteiger partial charge in [0.15, 0.2) is 0 Å². The summed E-state index contributed by atoms with van der Waals surface area (Å²) in [6.45, 7) is 10.2. The first-order chi connectivity index (χ1) is 9.81. The third-order valence-electron chi connectivity index (χ3n) is 3.40. The molecule has 1 aromatic rings. The van der Waals surface area contributed by atoms with Gasteiger partial charge in [-0.05, 0) is 56.6 Å². The van der Waals surface area contributed by atoms with E-state index in [0.29, 0.717) is 24.2 Å². The van der Waals surface area contributed by atoms with Crippen molar-refractivity contribution < 1.29 is 12.8 Å². The summed E-state index contributed by atoms with van der Waals surface area (Å²) >= 11 is 0. The Hall–Kier alpha value is -0.980. The van der Waals surface area contributed by atoms with Gasteiger partial charge in [0.2, 0.25) is 10.0 Å². The maximum absolute atomic E-state index is 13.3. The van der Waals surface area contributed by atoms with Crippen LogP contribution in [0.3, 0.4) is 0 Å². The van der Waals surface area contributed by atoms with E-state index in [9.17, 15) is 12.8 Å². The summed E-state index contributed by atoms with van der Waals surface area (Å²) in [5.74, 6) is -0.413. The highest BCUT2D eigenvalue weighted by molar-refractivity contribution is 7.89. The average molecular weight is 316 g/mol. The lowest BCUT2D eigenvalue weighted by molar-refractivity contribution is 0.293. The SMILES string of the molecule is CCCN(CC)CCNS(=O)(=O)c1c(C)cc(F)cc1C. The minimum Gasteiger partial charge on any atom is -0.302 e.